The van der Waals surface area contributed by atoms with Crippen molar-refractivity contribution in [2.45, 2.75) is 55.6 Å². The summed E-state index contributed by atoms with van der Waals surface area (Å²) in [6, 6.07) is 0. The lowest BCUT2D eigenvalue weighted by atomic mass is 9.82. The molecule has 88 valence electrons. The topological polar surface area (TPSA) is 52.3 Å². The fourth-order valence-electron chi connectivity index (χ4n) is 2.15. The van der Waals surface area contributed by atoms with Gasteiger partial charge in [0.25, 0.3) is 0 Å². The lowest BCUT2D eigenvalue weighted by molar-refractivity contribution is -0.148. The molecule has 15 heavy (non-hydrogen) atoms. The first-order valence-corrected chi connectivity index (χ1v) is 6.45. The molecule has 0 spiro atoms. The Hall–Kier alpha value is -0.220. The highest BCUT2D eigenvalue weighted by molar-refractivity contribution is 8.00. The number of ether oxygens (including phenoxy) is 1. The molecule has 1 aliphatic carbocycles. The molecule has 2 N–H and O–H groups in total. The second kappa shape index (κ2) is 5.21. The molecular weight excluding hydrogens is 210 g/mol. The SMILES string of the molecule is COC(=O)C1(N)CCCC(SC(C)C)C1. The zero-order valence-corrected chi connectivity index (χ0v) is 10.6. The number of carbonyl (C=O) groups is 1. The molecule has 1 fully saturated rings. The number of methoxy groups -OCH3 is 1. The van der Waals surface area contributed by atoms with Crippen molar-refractivity contribution in [2.75, 3.05) is 7.11 Å². The van der Waals surface area contributed by atoms with Gasteiger partial charge < -0.3 is 10.5 Å². The number of esters is 1. The van der Waals surface area contributed by atoms with Crippen LogP contribution in [-0.4, -0.2) is 29.1 Å². The van der Waals surface area contributed by atoms with E-state index in [9.17, 15) is 4.79 Å². The van der Waals surface area contributed by atoms with Gasteiger partial charge in [0.05, 0.1) is 7.11 Å². The number of hydrogen-bond acceptors (Lipinski definition) is 4. The third-order valence-corrected chi connectivity index (χ3v) is 4.13. The molecule has 0 bridgehead atoms. The van der Waals surface area contributed by atoms with Gasteiger partial charge in [0.1, 0.15) is 5.54 Å². The highest BCUT2D eigenvalue weighted by atomic mass is 32.2. The number of nitrogens with two attached hydrogens (primary N) is 1. The highest BCUT2D eigenvalue weighted by Gasteiger charge is 2.40. The Morgan fingerprint density at radius 1 is 1.60 bits per heavy atom. The lowest BCUT2D eigenvalue weighted by Crippen LogP contribution is -2.52. The smallest absolute Gasteiger partial charge is 0.325 e. The molecule has 0 radical (unpaired) electrons. The van der Waals surface area contributed by atoms with Crippen LogP contribution in [0.25, 0.3) is 0 Å². The third-order valence-electron chi connectivity index (χ3n) is 2.80. The molecule has 4 heteroatoms. The normalized spacial score (nSPS) is 31.7. The molecule has 2 unspecified atom stereocenters. The Bertz CT molecular complexity index is 233. The first-order chi connectivity index (χ1) is 6.98. The van der Waals surface area contributed by atoms with Gasteiger partial charge in [-0.3, -0.25) is 4.79 Å². The van der Waals surface area contributed by atoms with Crippen molar-refractivity contribution < 1.29 is 9.53 Å². The quantitative estimate of drug-likeness (QED) is 0.754. The summed E-state index contributed by atoms with van der Waals surface area (Å²) in [5, 5.41) is 1.10. The number of rotatable bonds is 3. The fraction of sp³-hybridized carbons (Fsp3) is 0.909. The van der Waals surface area contributed by atoms with Crippen LogP contribution in [0, 0.1) is 0 Å². The molecule has 0 aromatic carbocycles. The predicted molar refractivity (Wildman–Crippen MR) is 63.9 cm³/mol. The van der Waals surface area contributed by atoms with Gasteiger partial charge in [0.15, 0.2) is 0 Å². The van der Waals surface area contributed by atoms with Crippen LogP contribution < -0.4 is 5.73 Å². The summed E-state index contributed by atoms with van der Waals surface area (Å²) < 4.78 is 4.77. The zero-order valence-electron chi connectivity index (χ0n) is 9.79. The van der Waals surface area contributed by atoms with E-state index in [0.717, 1.165) is 19.3 Å². The third kappa shape index (κ3) is 3.38. The van der Waals surface area contributed by atoms with Gasteiger partial charge >= 0.3 is 5.97 Å². The van der Waals surface area contributed by atoms with E-state index in [2.05, 4.69) is 13.8 Å². The van der Waals surface area contributed by atoms with Crippen LogP contribution in [0.4, 0.5) is 0 Å². The van der Waals surface area contributed by atoms with Gasteiger partial charge in [-0.2, -0.15) is 11.8 Å². The summed E-state index contributed by atoms with van der Waals surface area (Å²) >= 11 is 1.92. The van der Waals surface area contributed by atoms with Crippen LogP contribution in [0.5, 0.6) is 0 Å². The summed E-state index contributed by atoms with van der Waals surface area (Å²) in [4.78, 5) is 11.6. The Morgan fingerprint density at radius 3 is 2.80 bits per heavy atom. The van der Waals surface area contributed by atoms with Crippen LogP contribution in [0.15, 0.2) is 0 Å². The van der Waals surface area contributed by atoms with Gasteiger partial charge in [-0.25, -0.2) is 0 Å². The second-order valence-electron chi connectivity index (χ2n) is 4.55. The number of thioether (sulfide) groups is 1. The van der Waals surface area contributed by atoms with Crippen LogP contribution in [0.1, 0.15) is 39.5 Å². The zero-order chi connectivity index (χ0) is 11.5. The molecule has 1 aliphatic rings. The summed E-state index contributed by atoms with van der Waals surface area (Å²) in [6.07, 6.45) is 3.70. The van der Waals surface area contributed by atoms with E-state index < -0.39 is 5.54 Å². The molecule has 0 heterocycles. The molecular formula is C11H21NO2S. The van der Waals surface area contributed by atoms with E-state index in [1.807, 2.05) is 11.8 Å². The van der Waals surface area contributed by atoms with Crippen molar-refractivity contribution in [1.29, 1.82) is 0 Å². The molecule has 0 aromatic heterocycles. The summed E-state index contributed by atoms with van der Waals surface area (Å²) in [6.45, 7) is 4.35. The van der Waals surface area contributed by atoms with Crippen LogP contribution in [-0.2, 0) is 9.53 Å². The predicted octanol–water partition coefficient (Wildman–Crippen LogP) is 1.94. The second-order valence-corrected chi connectivity index (χ2v) is 6.43. The van der Waals surface area contributed by atoms with Crippen molar-refractivity contribution in [3.8, 4) is 0 Å². The number of carbonyl (C=O) groups excluding carboxylic acids is 1. The molecule has 1 rings (SSSR count). The Morgan fingerprint density at radius 2 is 2.27 bits per heavy atom. The maximum Gasteiger partial charge on any atom is 0.325 e. The highest BCUT2D eigenvalue weighted by Crippen LogP contribution is 2.35. The first-order valence-electron chi connectivity index (χ1n) is 5.50. The van der Waals surface area contributed by atoms with E-state index in [-0.39, 0.29) is 5.97 Å². The maximum absolute atomic E-state index is 11.6. The van der Waals surface area contributed by atoms with E-state index in [0.29, 0.717) is 10.5 Å². The minimum Gasteiger partial charge on any atom is -0.468 e. The summed E-state index contributed by atoms with van der Waals surface area (Å²) in [7, 11) is 1.41. The fourth-order valence-corrected chi connectivity index (χ4v) is 3.61. The average molecular weight is 231 g/mol. The number of hydrogen-bond donors (Lipinski definition) is 1. The van der Waals surface area contributed by atoms with Gasteiger partial charge in [-0.15, -0.1) is 0 Å². The molecule has 3 nitrogen and oxygen atoms in total. The molecule has 1 saturated carbocycles. The summed E-state index contributed by atoms with van der Waals surface area (Å²) in [5.74, 6) is -0.253. The van der Waals surface area contributed by atoms with Gasteiger partial charge in [-0.1, -0.05) is 13.8 Å². The van der Waals surface area contributed by atoms with Crippen molar-refractivity contribution in [3.63, 3.8) is 0 Å². The van der Waals surface area contributed by atoms with Gasteiger partial charge in [0.2, 0.25) is 0 Å². The van der Waals surface area contributed by atoms with Crippen molar-refractivity contribution in [1.82, 2.24) is 0 Å². The molecule has 0 amide bonds. The Kier molecular flexibility index (Phi) is 4.46. The van der Waals surface area contributed by atoms with E-state index >= 15 is 0 Å². The molecule has 2 atom stereocenters. The largest absolute Gasteiger partial charge is 0.468 e. The standard InChI is InChI=1S/C11H21NO2S/c1-8(2)15-9-5-4-6-11(12,7-9)10(13)14-3/h8-9H,4-7,12H2,1-3H3. The first kappa shape index (κ1) is 12.8. The monoisotopic (exact) mass is 231 g/mol. The van der Waals surface area contributed by atoms with Crippen molar-refractivity contribution in [3.05, 3.63) is 0 Å². The van der Waals surface area contributed by atoms with Gasteiger partial charge in [-0.05, 0) is 30.9 Å². The van der Waals surface area contributed by atoms with Gasteiger partial charge in [0, 0.05) is 5.25 Å². The molecule has 0 aromatic rings. The van der Waals surface area contributed by atoms with E-state index in [1.54, 1.807) is 0 Å². The van der Waals surface area contributed by atoms with E-state index in [4.69, 9.17) is 10.5 Å². The van der Waals surface area contributed by atoms with Crippen molar-refractivity contribution in [2.24, 2.45) is 5.73 Å². The Balaban J connectivity index is 2.58. The minimum atomic E-state index is -0.737. The molecule has 0 saturated heterocycles. The van der Waals surface area contributed by atoms with Crippen LogP contribution >= 0.6 is 11.8 Å². The minimum absolute atomic E-state index is 0.253. The van der Waals surface area contributed by atoms with Crippen molar-refractivity contribution >= 4 is 17.7 Å². The molecule has 0 aliphatic heterocycles. The van der Waals surface area contributed by atoms with Crippen LogP contribution in [0.2, 0.25) is 0 Å². The van der Waals surface area contributed by atoms with E-state index in [1.165, 1.54) is 13.5 Å². The summed E-state index contributed by atoms with van der Waals surface area (Å²) in [5.41, 5.74) is 5.35. The maximum atomic E-state index is 11.6. The van der Waals surface area contributed by atoms with Crippen LogP contribution in [0.3, 0.4) is 0 Å². The average Bonchev–Trinajstić information content (AvgIpc) is 2.15. The lowest BCUT2D eigenvalue weighted by Gasteiger charge is -2.35. The Labute approximate surface area is 96.1 Å².